The van der Waals surface area contributed by atoms with E-state index >= 15 is 0 Å². The van der Waals surface area contributed by atoms with E-state index in [1.165, 1.54) is 24.3 Å². The van der Waals surface area contributed by atoms with Crippen molar-refractivity contribution in [1.29, 1.82) is 0 Å². The standard InChI is InChI=1S/C25H18F6S/c1-2-3-13-8-18(27)22-21(11-13)32-25(24(22)31)16-7-6-15(17(26)12-16)5-4-14-9-19(28)23(30)20(29)10-14/h6-12H,2-5H2,1H3. The lowest BCUT2D eigenvalue weighted by molar-refractivity contribution is 0.445. The highest BCUT2D eigenvalue weighted by Crippen LogP contribution is 2.39. The summed E-state index contributed by atoms with van der Waals surface area (Å²) >= 11 is 1.06. The number of rotatable bonds is 6. The van der Waals surface area contributed by atoms with Crippen molar-refractivity contribution >= 4 is 21.4 Å². The van der Waals surface area contributed by atoms with E-state index in [1.807, 2.05) is 6.92 Å². The minimum Gasteiger partial charge on any atom is -0.207 e. The van der Waals surface area contributed by atoms with Gasteiger partial charge in [-0.1, -0.05) is 25.5 Å². The zero-order valence-electron chi connectivity index (χ0n) is 17.0. The number of thiophene rings is 1. The summed E-state index contributed by atoms with van der Waals surface area (Å²) in [6.45, 7) is 1.97. The molecule has 0 radical (unpaired) electrons. The first kappa shape index (κ1) is 22.4. The van der Waals surface area contributed by atoms with E-state index < -0.39 is 34.9 Å². The van der Waals surface area contributed by atoms with Crippen LogP contribution >= 0.6 is 11.3 Å². The quantitative estimate of drug-likeness (QED) is 0.200. The third-order valence-electron chi connectivity index (χ3n) is 5.33. The lowest BCUT2D eigenvalue weighted by Gasteiger charge is -2.07. The Balaban J connectivity index is 1.61. The van der Waals surface area contributed by atoms with Crippen molar-refractivity contribution in [2.24, 2.45) is 0 Å². The van der Waals surface area contributed by atoms with Crippen LogP contribution in [0.2, 0.25) is 0 Å². The molecule has 0 aliphatic rings. The number of hydrogen-bond acceptors (Lipinski definition) is 1. The van der Waals surface area contributed by atoms with Crippen LogP contribution in [-0.4, -0.2) is 0 Å². The Morgan fingerprint density at radius 2 is 1.31 bits per heavy atom. The molecule has 1 aromatic heterocycles. The van der Waals surface area contributed by atoms with Crippen LogP contribution in [0.1, 0.15) is 30.0 Å². The molecule has 32 heavy (non-hydrogen) atoms. The first-order chi connectivity index (χ1) is 15.3. The maximum absolute atomic E-state index is 14.9. The molecule has 0 saturated carbocycles. The Bertz CT molecular complexity index is 1280. The molecule has 0 aliphatic carbocycles. The Hall–Kier alpha value is -2.80. The van der Waals surface area contributed by atoms with Gasteiger partial charge < -0.3 is 0 Å². The SMILES string of the molecule is CCCc1cc(F)c2c(F)c(-c3ccc(CCc4cc(F)c(F)c(F)c4)c(F)c3)sc2c1. The second-order valence-electron chi connectivity index (χ2n) is 7.63. The second-order valence-corrected chi connectivity index (χ2v) is 8.68. The van der Waals surface area contributed by atoms with Crippen molar-refractivity contribution in [3.8, 4) is 10.4 Å². The predicted molar refractivity (Wildman–Crippen MR) is 115 cm³/mol. The summed E-state index contributed by atoms with van der Waals surface area (Å²) in [5.41, 5.74) is 1.51. The Morgan fingerprint density at radius 1 is 0.656 bits per heavy atom. The van der Waals surface area contributed by atoms with E-state index in [0.29, 0.717) is 11.1 Å². The van der Waals surface area contributed by atoms with E-state index in [4.69, 9.17) is 0 Å². The van der Waals surface area contributed by atoms with Crippen LogP contribution in [-0.2, 0) is 19.3 Å². The van der Waals surface area contributed by atoms with Crippen LogP contribution < -0.4 is 0 Å². The first-order valence-electron chi connectivity index (χ1n) is 10.1. The average molecular weight is 464 g/mol. The highest BCUT2D eigenvalue weighted by molar-refractivity contribution is 7.22. The Kier molecular flexibility index (Phi) is 6.29. The number of hydrogen-bond donors (Lipinski definition) is 0. The van der Waals surface area contributed by atoms with Crippen molar-refractivity contribution in [2.75, 3.05) is 0 Å². The van der Waals surface area contributed by atoms with Crippen molar-refractivity contribution in [1.82, 2.24) is 0 Å². The molecule has 0 unspecified atom stereocenters. The van der Waals surface area contributed by atoms with Crippen LogP contribution in [0.15, 0.2) is 42.5 Å². The van der Waals surface area contributed by atoms with Gasteiger partial charge in [0.2, 0.25) is 0 Å². The molecule has 4 rings (SSSR count). The van der Waals surface area contributed by atoms with Gasteiger partial charge in [-0.15, -0.1) is 11.3 Å². The van der Waals surface area contributed by atoms with Gasteiger partial charge in [0, 0.05) is 4.70 Å². The zero-order chi connectivity index (χ0) is 23.0. The Labute approximate surface area is 185 Å². The molecule has 0 atom stereocenters. The fraction of sp³-hybridized carbons (Fsp3) is 0.200. The second kappa shape index (κ2) is 8.98. The van der Waals surface area contributed by atoms with Crippen molar-refractivity contribution < 1.29 is 26.3 Å². The highest BCUT2D eigenvalue weighted by Gasteiger charge is 2.19. The molecular weight excluding hydrogens is 446 g/mol. The summed E-state index contributed by atoms with van der Waals surface area (Å²) in [5.74, 6) is -6.13. The van der Waals surface area contributed by atoms with Gasteiger partial charge in [0.25, 0.3) is 0 Å². The monoisotopic (exact) mass is 464 g/mol. The van der Waals surface area contributed by atoms with Crippen LogP contribution in [0.5, 0.6) is 0 Å². The minimum atomic E-state index is -1.55. The van der Waals surface area contributed by atoms with Gasteiger partial charge in [0.05, 0.1) is 10.3 Å². The maximum Gasteiger partial charge on any atom is 0.194 e. The normalized spacial score (nSPS) is 11.5. The summed E-state index contributed by atoms with van der Waals surface area (Å²) in [4.78, 5) is 0.140. The van der Waals surface area contributed by atoms with E-state index in [2.05, 4.69) is 0 Å². The Morgan fingerprint density at radius 3 is 1.97 bits per heavy atom. The third kappa shape index (κ3) is 4.26. The molecule has 166 valence electrons. The van der Waals surface area contributed by atoms with Crippen molar-refractivity contribution in [3.63, 3.8) is 0 Å². The van der Waals surface area contributed by atoms with Gasteiger partial charge in [-0.2, -0.15) is 0 Å². The van der Waals surface area contributed by atoms with Gasteiger partial charge in [0.1, 0.15) is 11.6 Å². The van der Waals surface area contributed by atoms with Gasteiger partial charge in [0.15, 0.2) is 23.3 Å². The molecule has 0 nitrogen and oxygen atoms in total. The van der Waals surface area contributed by atoms with Crippen molar-refractivity contribution in [2.45, 2.75) is 32.6 Å². The molecule has 0 aliphatic heterocycles. The molecule has 7 heteroatoms. The molecule has 0 amide bonds. The molecule has 0 N–H and O–H groups in total. The molecule has 3 aromatic carbocycles. The molecule has 0 bridgehead atoms. The summed E-state index contributed by atoms with van der Waals surface area (Å²) in [6, 6.07) is 8.99. The minimum absolute atomic E-state index is 0.0903. The fourth-order valence-corrected chi connectivity index (χ4v) is 4.89. The topological polar surface area (TPSA) is 0 Å². The molecule has 0 fully saturated rings. The maximum atomic E-state index is 14.9. The summed E-state index contributed by atoms with van der Waals surface area (Å²) < 4.78 is 84.4. The lowest BCUT2D eigenvalue weighted by Crippen LogP contribution is -1.99. The summed E-state index contributed by atoms with van der Waals surface area (Å²) in [7, 11) is 0. The van der Waals surface area contributed by atoms with Gasteiger partial charge in [-0.05, 0) is 71.8 Å². The van der Waals surface area contributed by atoms with Gasteiger partial charge in [-0.3, -0.25) is 0 Å². The third-order valence-corrected chi connectivity index (χ3v) is 6.49. The van der Waals surface area contributed by atoms with E-state index in [1.54, 1.807) is 6.07 Å². The molecule has 4 aromatic rings. The van der Waals surface area contributed by atoms with Crippen LogP contribution in [0, 0.1) is 34.9 Å². The summed E-state index contributed by atoms with van der Waals surface area (Å²) in [6.07, 6.45) is 1.70. The number of benzene rings is 3. The van der Waals surface area contributed by atoms with E-state index in [9.17, 15) is 26.3 Å². The van der Waals surface area contributed by atoms with Crippen LogP contribution in [0.3, 0.4) is 0 Å². The number of aryl methyl sites for hydroxylation is 3. The highest BCUT2D eigenvalue weighted by atomic mass is 32.1. The average Bonchev–Trinajstić information content (AvgIpc) is 3.08. The molecule has 0 saturated heterocycles. The molecule has 1 heterocycles. The fourth-order valence-electron chi connectivity index (χ4n) is 3.74. The first-order valence-corrected chi connectivity index (χ1v) is 10.9. The van der Waals surface area contributed by atoms with E-state index in [-0.39, 0.29) is 39.8 Å². The van der Waals surface area contributed by atoms with E-state index in [0.717, 1.165) is 35.5 Å². The van der Waals surface area contributed by atoms with Crippen molar-refractivity contribution in [3.05, 3.63) is 94.1 Å². The largest absolute Gasteiger partial charge is 0.207 e. The predicted octanol–water partition coefficient (Wildman–Crippen LogP) is 8.14. The van der Waals surface area contributed by atoms with Gasteiger partial charge in [-0.25, -0.2) is 26.3 Å². The van der Waals surface area contributed by atoms with Gasteiger partial charge >= 0.3 is 0 Å². The lowest BCUT2D eigenvalue weighted by atomic mass is 10.0. The number of halogens is 6. The number of fused-ring (bicyclic) bond motifs is 1. The van der Waals surface area contributed by atoms with Crippen LogP contribution in [0.25, 0.3) is 20.5 Å². The smallest absolute Gasteiger partial charge is 0.194 e. The van der Waals surface area contributed by atoms with Crippen LogP contribution in [0.4, 0.5) is 26.3 Å². The molecule has 0 spiro atoms. The molecular formula is C25H18F6S. The summed E-state index contributed by atoms with van der Waals surface area (Å²) in [5, 5.41) is -0.102. The zero-order valence-corrected chi connectivity index (χ0v) is 17.9.